The second-order valence-electron chi connectivity index (χ2n) is 7.47. The number of anilines is 1. The number of hydrogen-bond donors (Lipinski definition) is 1. The number of hydrazone groups is 1. The van der Waals surface area contributed by atoms with Crippen molar-refractivity contribution in [2.24, 2.45) is 5.10 Å². The topological polar surface area (TPSA) is 78.8 Å². The van der Waals surface area contributed by atoms with Crippen LogP contribution in [0.5, 0.6) is 0 Å². The molecule has 3 aromatic carbocycles. The molecule has 32 heavy (non-hydrogen) atoms. The number of rotatable bonds is 7. The molecule has 6 nitrogen and oxygen atoms in total. The van der Waals surface area contributed by atoms with E-state index in [1.165, 1.54) is 24.4 Å². The lowest BCUT2D eigenvalue weighted by Gasteiger charge is -2.24. The number of aryl methyl sites for hydroxylation is 3. The molecular formula is C24H24ClN3O3S. The lowest BCUT2D eigenvalue weighted by Crippen LogP contribution is -2.39. The van der Waals surface area contributed by atoms with Gasteiger partial charge in [-0.2, -0.15) is 5.10 Å². The van der Waals surface area contributed by atoms with E-state index in [0.717, 1.165) is 26.6 Å². The Balaban J connectivity index is 1.87. The molecule has 3 rings (SSSR count). The third-order valence-corrected chi connectivity index (χ3v) is 6.98. The van der Waals surface area contributed by atoms with Crippen LogP contribution in [0.4, 0.5) is 5.69 Å². The van der Waals surface area contributed by atoms with Crippen molar-refractivity contribution in [3.63, 3.8) is 0 Å². The molecular weight excluding hydrogens is 446 g/mol. The largest absolute Gasteiger partial charge is 0.271 e. The quantitative estimate of drug-likeness (QED) is 0.405. The molecule has 1 amide bonds. The number of halogens is 1. The van der Waals surface area contributed by atoms with Gasteiger partial charge in [0.25, 0.3) is 15.9 Å². The molecule has 166 valence electrons. The molecule has 0 unspecified atom stereocenters. The Hall–Kier alpha value is -3.16. The van der Waals surface area contributed by atoms with Gasteiger partial charge in [-0.25, -0.2) is 13.8 Å². The van der Waals surface area contributed by atoms with Crippen molar-refractivity contribution in [1.29, 1.82) is 0 Å². The lowest BCUT2D eigenvalue weighted by molar-refractivity contribution is -0.119. The number of nitrogens with one attached hydrogen (secondary N) is 1. The van der Waals surface area contributed by atoms with Gasteiger partial charge in [-0.1, -0.05) is 65.2 Å². The summed E-state index contributed by atoms with van der Waals surface area (Å²) in [6.45, 7) is 5.18. The summed E-state index contributed by atoms with van der Waals surface area (Å²) in [7, 11) is -4.02. The zero-order chi connectivity index (χ0) is 23.3. The first kappa shape index (κ1) is 23.5. The minimum absolute atomic E-state index is 0.0795. The van der Waals surface area contributed by atoms with Crippen LogP contribution >= 0.6 is 11.6 Å². The molecule has 0 aliphatic rings. The zero-order valence-corrected chi connectivity index (χ0v) is 19.6. The number of carbonyl (C=O) groups excluding carboxylic acids is 1. The Labute approximate surface area is 193 Å². The summed E-state index contributed by atoms with van der Waals surface area (Å²) in [5, 5.41) is 4.36. The maximum Gasteiger partial charge on any atom is 0.264 e. The Morgan fingerprint density at radius 1 is 1.00 bits per heavy atom. The van der Waals surface area contributed by atoms with Gasteiger partial charge in [0.2, 0.25) is 0 Å². The first-order valence-corrected chi connectivity index (χ1v) is 11.7. The summed E-state index contributed by atoms with van der Waals surface area (Å²) < 4.78 is 27.8. The zero-order valence-electron chi connectivity index (χ0n) is 18.0. The Morgan fingerprint density at radius 2 is 1.72 bits per heavy atom. The highest BCUT2D eigenvalue weighted by molar-refractivity contribution is 7.92. The number of nitrogens with zero attached hydrogens (tertiary/aromatic N) is 2. The van der Waals surface area contributed by atoms with Crippen LogP contribution in [-0.2, 0) is 14.8 Å². The van der Waals surface area contributed by atoms with Gasteiger partial charge in [-0.3, -0.25) is 9.10 Å². The molecule has 0 atom stereocenters. The van der Waals surface area contributed by atoms with E-state index in [1.54, 1.807) is 24.3 Å². The summed E-state index contributed by atoms with van der Waals surface area (Å²) in [5.41, 5.74) is 6.30. The normalized spacial score (nSPS) is 11.5. The fourth-order valence-electron chi connectivity index (χ4n) is 2.98. The highest BCUT2D eigenvalue weighted by Crippen LogP contribution is 2.28. The molecule has 0 bridgehead atoms. The van der Waals surface area contributed by atoms with Gasteiger partial charge in [0.05, 0.1) is 16.8 Å². The summed E-state index contributed by atoms with van der Waals surface area (Å²) in [4.78, 5) is 12.7. The van der Waals surface area contributed by atoms with E-state index < -0.39 is 22.5 Å². The number of benzene rings is 3. The van der Waals surface area contributed by atoms with Gasteiger partial charge in [-0.05, 0) is 56.2 Å². The average Bonchev–Trinajstić information content (AvgIpc) is 2.74. The molecule has 0 aromatic heterocycles. The van der Waals surface area contributed by atoms with Gasteiger partial charge >= 0.3 is 0 Å². The molecule has 0 aliphatic carbocycles. The number of hydrogen-bond acceptors (Lipinski definition) is 4. The molecule has 0 fully saturated rings. The van der Waals surface area contributed by atoms with Crippen molar-refractivity contribution < 1.29 is 13.2 Å². The van der Waals surface area contributed by atoms with Crippen LogP contribution in [0.25, 0.3) is 0 Å². The molecule has 0 saturated heterocycles. The van der Waals surface area contributed by atoms with E-state index in [1.807, 2.05) is 45.0 Å². The van der Waals surface area contributed by atoms with E-state index in [0.29, 0.717) is 10.7 Å². The number of amides is 1. The van der Waals surface area contributed by atoms with E-state index in [-0.39, 0.29) is 4.90 Å². The smallest absolute Gasteiger partial charge is 0.264 e. The van der Waals surface area contributed by atoms with Crippen LogP contribution in [0.1, 0.15) is 22.3 Å². The highest BCUT2D eigenvalue weighted by Gasteiger charge is 2.27. The lowest BCUT2D eigenvalue weighted by atomic mass is 10.2. The van der Waals surface area contributed by atoms with E-state index in [2.05, 4.69) is 10.5 Å². The Morgan fingerprint density at radius 3 is 2.38 bits per heavy atom. The van der Waals surface area contributed by atoms with Crippen molar-refractivity contribution in [3.8, 4) is 0 Å². The molecule has 8 heteroatoms. The molecule has 3 aromatic rings. The van der Waals surface area contributed by atoms with Gasteiger partial charge in [0, 0.05) is 5.02 Å². The molecule has 0 heterocycles. The average molecular weight is 470 g/mol. The number of sulfonamides is 1. The van der Waals surface area contributed by atoms with Crippen LogP contribution in [0.15, 0.2) is 76.7 Å². The fraction of sp³-hybridized carbons (Fsp3) is 0.167. The van der Waals surface area contributed by atoms with Crippen LogP contribution in [0.2, 0.25) is 5.02 Å². The Bertz CT molecular complexity index is 1260. The molecule has 0 saturated carbocycles. The van der Waals surface area contributed by atoms with Gasteiger partial charge < -0.3 is 0 Å². The van der Waals surface area contributed by atoms with Gasteiger partial charge in [-0.15, -0.1) is 0 Å². The van der Waals surface area contributed by atoms with Crippen molar-refractivity contribution >= 4 is 39.4 Å². The molecule has 0 spiro atoms. The van der Waals surface area contributed by atoms with E-state index in [4.69, 9.17) is 11.6 Å². The predicted octanol–water partition coefficient (Wildman–Crippen LogP) is 4.61. The summed E-state index contributed by atoms with van der Waals surface area (Å²) >= 11 is 6.23. The van der Waals surface area contributed by atoms with Crippen molar-refractivity contribution in [1.82, 2.24) is 5.43 Å². The van der Waals surface area contributed by atoms with Crippen molar-refractivity contribution in [3.05, 3.63) is 94.0 Å². The van der Waals surface area contributed by atoms with E-state index >= 15 is 0 Å². The van der Waals surface area contributed by atoms with Crippen LogP contribution in [-0.4, -0.2) is 27.1 Å². The summed E-state index contributed by atoms with van der Waals surface area (Å²) in [6, 6.07) is 18.9. The fourth-order valence-corrected chi connectivity index (χ4v) is 4.57. The van der Waals surface area contributed by atoms with Gasteiger partial charge in [0.15, 0.2) is 0 Å². The highest BCUT2D eigenvalue weighted by atomic mass is 35.5. The number of carbonyl (C=O) groups is 1. The second kappa shape index (κ2) is 9.97. The van der Waals surface area contributed by atoms with Crippen LogP contribution < -0.4 is 9.73 Å². The van der Waals surface area contributed by atoms with Gasteiger partial charge in [0.1, 0.15) is 6.54 Å². The summed E-state index contributed by atoms with van der Waals surface area (Å²) in [6.07, 6.45) is 1.51. The van der Waals surface area contributed by atoms with Crippen LogP contribution in [0.3, 0.4) is 0 Å². The molecule has 1 N–H and O–H groups in total. The minimum atomic E-state index is -4.02. The predicted molar refractivity (Wildman–Crippen MR) is 129 cm³/mol. The van der Waals surface area contributed by atoms with Crippen molar-refractivity contribution in [2.75, 3.05) is 10.8 Å². The van der Waals surface area contributed by atoms with Crippen molar-refractivity contribution in [2.45, 2.75) is 25.7 Å². The monoisotopic (exact) mass is 469 g/mol. The first-order valence-electron chi connectivity index (χ1n) is 9.91. The van der Waals surface area contributed by atoms with Crippen LogP contribution in [0, 0.1) is 20.8 Å². The standard InChI is InChI=1S/C24H24ClN3O3S/c1-17-7-11-22(12-8-17)32(30,31)28(21-10-9-19(3)23(25)14-21)16-24(29)27-26-15-20-6-4-5-18(2)13-20/h4-15H,16H2,1-3H3,(H,27,29)/b26-15-. The first-order chi connectivity index (χ1) is 15.2. The molecule has 0 radical (unpaired) electrons. The third kappa shape index (κ3) is 5.75. The maximum absolute atomic E-state index is 13.4. The minimum Gasteiger partial charge on any atom is -0.271 e. The summed E-state index contributed by atoms with van der Waals surface area (Å²) in [5.74, 6) is -0.582. The SMILES string of the molecule is Cc1ccc(S(=O)(=O)N(CC(=O)N/N=C\c2cccc(C)c2)c2ccc(C)c(Cl)c2)cc1. The maximum atomic E-state index is 13.4. The second-order valence-corrected chi connectivity index (χ2v) is 9.74. The van der Waals surface area contributed by atoms with E-state index in [9.17, 15) is 13.2 Å². The third-order valence-electron chi connectivity index (χ3n) is 4.78. The molecule has 0 aliphatic heterocycles. The Kier molecular flexibility index (Phi) is 7.33.